The van der Waals surface area contributed by atoms with Crippen LogP contribution in [0.4, 0.5) is 4.79 Å². The molecular formula is C28H41NO4Si. The van der Waals surface area contributed by atoms with E-state index in [0.29, 0.717) is 0 Å². The minimum Gasteiger partial charge on any atom is -0.444 e. The summed E-state index contributed by atoms with van der Waals surface area (Å²) in [5.41, 5.74) is -0.595. The third-order valence-corrected chi connectivity index (χ3v) is 11.7. The minimum atomic E-state index is -2.79. The van der Waals surface area contributed by atoms with Crippen molar-refractivity contribution < 1.29 is 19.1 Å². The van der Waals surface area contributed by atoms with Gasteiger partial charge in [-0.25, -0.2) is 4.79 Å². The first kappa shape index (κ1) is 26.5. The second kappa shape index (κ2) is 10.6. The first-order chi connectivity index (χ1) is 16.0. The summed E-state index contributed by atoms with van der Waals surface area (Å²) in [6, 6.07) is 20.7. The molecule has 2 N–H and O–H groups in total. The monoisotopic (exact) mass is 483 g/mol. The van der Waals surface area contributed by atoms with Crippen molar-refractivity contribution in [3.8, 4) is 0 Å². The van der Waals surface area contributed by atoms with Gasteiger partial charge in [0.15, 0.2) is 0 Å². The lowest BCUT2D eigenvalue weighted by molar-refractivity contribution is 0.0196. The van der Waals surface area contributed by atoms with Gasteiger partial charge in [-0.05, 0) is 49.0 Å². The van der Waals surface area contributed by atoms with E-state index >= 15 is 0 Å². The van der Waals surface area contributed by atoms with E-state index in [9.17, 15) is 9.90 Å². The lowest BCUT2D eigenvalue weighted by Crippen LogP contribution is -2.70. The molecule has 0 radical (unpaired) electrons. The number of hydrogen-bond donors (Lipinski definition) is 2. The molecule has 0 unspecified atom stereocenters. The van der Waals surface area contributed by atoms with Crippen LogP contribution < -0.4 is 15.7 Å². The smallest absolute Gasteiger partial charge is 0.407 e. The van der Waals surface area contributed by atoms with Gasteiger partial charge in [0.05, 0.1) is 12.1 Å². The predicted molar refractivity (Wildman–Crippen MR) is 140 cm³/mol. The maximum absolute atomic E-state index is 12.8. The Bertz CT molecular complexity index is 881. The highest BCUT2D eigenvalue weighted by Gasteiger charge is 2.53. The topological polar surface area (TPSA) is 67.8 Å². The normalized spacial score (nSPS) is 21.7. The highest BCUT2D eigenvalue weighted by atomic mass is 28.4. The molecule has 2 aromatic carbocycles. The zero-order valence-corrected chi connectivity index (χ0v) is 22.5. The molecule has 1 aliphatic rings. The second-order valence-electron chi connectivity index (χ2n) is 11.4. The Kier molecular flexibility index (Phi) is 8.27. The Balaban J connectivity index is 2.07. The molecule has 6 heteroatoms. The van der Waals surface area contributed by atoms with E-state index in [2.05, 4.69) is 74.6 Å². The van der Waals surface area contributed by atoms with Gasteiger partial charge in [0.2, 0.25) is 0 Å². The van der Waals surface area contributed by atoms with Crippen LogP contribution in [-0.2, 0) is 9.16 Å². The van der Waals surface area contributed by atoms with E-state index in [4.69, 9.17) is 9.16 Å². The van der Waals surface area contributed by atoms with Crippen LogP contribution in [0.2, 0.25) is 5.04 Å². The van der Waals surface area contributed by atoms with Gasteiger partial charge in [0.25, 0.3) is 8.32 Å². The zero-order chi connectivity index (χ0) is 25.0. The summed E-state index contributed by atoms with van der Waals surface area (Å²) in [4.78, 5) is 12.8. The molecule has 0 bridgehead atoms. The minimum absolute atomic E-state index is 0.00106. The molecule has 3 atom stereocenters. The summed E-state index contributed by atoms with van der Waals surface area (Å²) in [7, 11) is -2.79. The average molecular weight is 484 g/mol. The molecule has 0 heterocycles. The quantitative estimate of drug-likeness (QED) is 0.589. The number of carbonyl (C=O) groups excluding carboxylic acids is 1. The molecule has 2 aromatic rings. The lowest BCUT2D eigenvalue weighted by atomic mass is 9.83. The number of rotatable bonds is 6. The molecular weight excluding hydrogens is 442 g/mol. The Morgan fingerprint density at radius 1 is 0.941 bits per heavy atom. The zero-order valence-electron chi connectivity index (χ0n) is 21.5. The van der Waals surface area contributed by atoms with Gasteiger partial charge in [-0.15, -0.1) is 0 Å². The van der Waals surface area contributed by atoms with Gasteiger partial charge in [-0.3, -0.25) is 0 Å². The van der Waals surface area contributed by atoms with Crippen molar-refractivity contribution in [3.05, 3.63) is 60.7 Å². The van der Waals surface area contributed by atoms with Crippen LogP contribution in [0.5, 0.6) is 0 Å². The summed E-state index contributed by atoms with van der Waals surface area (Å²) < 4.78 is 12.9. The Morgan fingerprint density at radius 2 is 1.47 bits per heavy atom. The summed E-state index contributed by atoms with van der Waals surface area (Å²) in [6.07, 6.45) is 1.92. The molecule has 3 rings (SSSR count). The molecule has 186 valence electrons. The molecule has 5 nitrogen and oxygen atoms in total. The summed E-state index contributed by atoms with van der Waals surface area (Å²) in [5, 5.41) is 15.5. The molecule has 1 saturated carbocycles. The standard InChI is InChI=1S/C28H41NO4Si/c1-27(2,3)32-26(31)29-25-21(20-30)14-13-19-24(25)33-34(28(4,5)6,22-15-9-7-10-16-22)23-17-11-8-12-18-23/h7-12,15-18,21,24-25,30H,13-14,19-20H2,1-6H3,(H,29,31)/t21-,24+,25-/m1/s1. The molecule has 34 heavy (non-hydrogen) atoms. The summed E-state index contributed by atoms with van der Waals surface area (Å²) in [5.74, 6) is -0.0792. The predicted octanol–water partition coefficient (Wildman–Crippen LogP) is 4.62. The Morgan fingerprint density at radius 3 is 1.91 bits per heavy atom. The number of aliphatic hydroxyl groups excluding tert-OH is 1. The number of ether oxygens (including phenoxy) is 1. The number of aliphatic hydroxyl groups is 1. The van der Waals surface area contributed by atoms with E-state index in [0.717, 1.165) is 19.3 Å². The first-order valence-corrected chi connectivity index (χ1v) is 14.3. The van der Waals surface area contributed by atoms with Gasteiger partial charge < -0.3 is 19.6 Å². The van der Waals surface area contributed by atoms with Crippen molar-refractivity contribution in [3.63, 3.8) is 0 Å². The molecule has 0 aromatic heterocycles. The van der Waals surface area contributed by atoms with Crippen LogP contribution >= 0.6 is 0 Å². The molecule has 0 spiro atoms. The maximum Gasteiger partial charge on any atom is 0.407 e. The fourth-order valence-electron chi connectivity index (χ4n) is 5.15. The maximum atomic E-state index is 12.8. The fraction of sp³-hybridized carbons (Fsp3) is 0.536. The van der Waals surface area contributed by atoms with Gasteiger partial charge >= 0.3 is 6.09 Å². The number of benzene rings is 2. The third kappa shape index (κ3) is 5.91. The number of nitrogens with one attached hydrogen (secondary N) is 1. The molecule has 0 aliphatic heterocycles. The van der Waals surface area contributed by atoms with Crippen LogP contribution in [0.1, 0.15) is 60.8 Å². The van der Waals surface area contributed by atoms with E-state index in [1.165, 1.54) is 10.4 Å². The third-order valence-electron chi connectivity index (χ3n) is 6.63. The van der Waals surface area contributed by atoms with Gasteiger partial charge in [-0.1, -0.05) is 87.9 Å². The Hall–Kier alpha value is -2.15. The Labute approximate surface area is 206 Å². The van der Waals surface area contributed by atoms with Crippen molar-refractivity contribution in [1.82, 2.24) is 5.32 Å². The highest BCUT2D eigenvalue weighted by molar-refractivity contribution is 6.99. The van der Waals surface area contributed by atoms with E-state index in [1.807, 2.05) is 32.9 Å². The molecule has 1 amide bonds. The van der Waals surface area contributed by atoms with Crippen molar-refractivity contribution in [1.29, 1.82) is 0 Å². The van der Waals surface area contributed by atoms with E-state index in [1.54, 1.807) is 0 Å². The van der Waals surface area contributed by atoms with Crippen molar-refractivity contribution in [2.45, 2.75) is 83.6 Å². The highest BCUT2D eigenvalue weighted by Crippen LogP contribution is 2.40. The van der Waals surface area contributed by atoms with E-state index < -0.39 is 20.0 Å². The first-order valence-electron chi connectivity index (χ1n) is 12.4. The molecule has 1 fully saturated rings. The number of amides is 1. The van der Waals surface area contributed by atoms with Crippen LogP contribution in [0.15, 0.2) is 60.7 Å². The van der Waals surface area contributed by atoms with Crippen molar-refractivity contribution in [2.75, 3.05) is 6.61 Å². The SMILES string of the molecule is CC(C)(C)OC(=O)N[C@@H]1[C@@H](CO)CCC[C@@H]1O[Si](c1ccccc1)(c1ccccc1)C(C)(C)C. The van der Waals surface area contributed by atoms with Gasteiger partial charge in [-0.2, -0.15) is 0 Å². The average Bonchev–Trinajstić information content (AvgIpc) is 2.77. The largest absolute Gasteiger partial charge is 0.444 e. The molecule has 1 aliphatic carbocycles. The van der Waals surface area contributed by atoms with Crippen molar-refractivity contribution >= 4 is 24.8 Å². The van der Waals surface area contributed by atoms with Gasteiger partial charge in [0, 0.05) is 12.5 Å². The van der Waals surface area contributed by atoms with Gasteiger partial charge in [0.1, 0.15) is 5.60 Å². The van der Waals surface area contributed by atoms with Crippen LogP contribution in [-0.4, -0.2) is 43.9 Å². The van der Waals surface area contributed by atoms with Crippen LogP contribution in [0.25, 0.3) is 0 Å². The summed E-state index contributed by atoms with van der Waals surface area (Å²) in [6.45, 7) is 12.3. The second-order valence-corrected chi connectivity index (χ2v) is 15.6. The van der Waals surface area contributed by atoms with Crippen molar-refractivity contribution in [2.24, 2.45) is 5.92 Å². The fourth-order valence-corrected chi connectivity index (χ4v) is 9.89. The van der Waals surface area contributed by atoms with E-state index in [-0.39, 0.29) is 29.7 Å². The number of carbonyl (C=O) groups is 1. The van der Waals surface area contributed by atoms with Crippen LogP contribution in [0.3, 0.4) is 0 Å². The summed E-state index contributed by atoms with van der Waals surface area (Å²) >= 11 is 0. The number of hydrogen-bond acceptors (Lipinski definition) is 4. The van der Waals surface area contributed by atoms with Crippen LogP contribution in [0, 0.1) is 5.92 Å². The lowest BCUT2D eigenvalue weighted by Gasteiger charge is -2.48. The number of alkyl carbamates (subject to hydrolysis) is 1. The molecule has 0 saturated heterocycles.